The van der Waals surface area contributed by atoms with Crippen molar-refractivity contribution in [2.45, 2.75) is 6.42 Å². The molecule has 0 aliphatic carbocycles. The lowest BCUT2D eigenvalue weighted by molar-refractivity contribution is 0.217. The van der Waals surface area contributed by atoms with Crippen LogP contribution in [-0.2, 0) is 6.42 Å². The monoisotopic (exact) mass is 305 g/mol. The minimum absolute atomic E-state index is 0.282. The van der Waals surface area contributed by atoms with Crippen molar-refractivity contribution in [2.24, 2.45) is 5.73 Å². The second-order valence-electron chi connectivity index (χ2n) is 4.44. The molecular formula is C16H16FNO2S. The number of benzene rings is 2. The molecule has 0 aliphatic rings. The minimum atomic E-state index is -0.282. The van der Waals surface area contributed by atoms with Crippen molar-refractivity contribution in [3.8, 4) is 11.5 Å². The van der Waals surface area contributed by atoms with Crippen LogP contribution in [0, 0.1) is 5.82 Å². The Balaban J connectivity index is 1.73. The van der Waals surface area contributed by atoms with Gasteiger partial charge in [-0.25, -0.2) is 4.39 Å². The average molecular weight is 305 g/mol. The number of rotatable bonds is 7. The van der Waals surface area contributed by atoms with Crippen LogP contribution in [-0.4, -0.2) is 18.2 Å². The summed E-state index contributed by atoms with van der Waals surface area (Å²) in [6, 6.07) is 13.5. The summed E-state index contributed by atoms with van der Waals surface area (Å²) in [4.78, 5) is 0.469. The van der Waals surface area contributed by atoms with Gasteiger partial charge >= 0.3 is 0 Å². The zero-order chi connectivity index (χ0) is 15.1. The van der Waals surface area contributed by atoms with Gasteiger partial charge in [-0.2, -0.15) is 0 Å². The zero-order valence-electron chi connectivity index (χ0n) is 11.4. The lowest BCUT2D eigenvalue weighted by Gasteiger charge is -2.09. The lowest BCUT2D eigenvalue weighted by atomic mass is 10.1. The molecule has 0 aromatic heterocycles. The summed E-state index contributed by atoms with van der Waals surface area (Å²) in [6.45, 7) is 0.798. The van der Waals surface area contributed by atoms with E-state index < -0.39 is 0 Å². The number of hydrogen-bond donors (Lipinski definition) is 1. The van der Waals surface area contributed by atoms with E-state index in [0.29, 0.717) is 30.4 Å². The minimum Gasteiger partial charge on any atom is -0.490 e. The van der Waals surface area contributed by atoms with E-state index in [0.717, 1.165) is 11.3 Å². The summed E-state index contributed by atoms with van der Waals surface area (Å²) in [6.07, 6.45) is 0.587. The van der Waals surface area contributed by atoms with Crippen LogP contribution >= 0.6 is 12.2 Å². The van der Waals surface area contributed by atoms with Gasteiger partial charge in [0.15, 0.2) is 0 Å². The van der Waals surface area contributed by atoms with Gasteiger partial charge in [0, 0.05) is 6.42 Å². The van der Waals surface area contributed by atoms with Crippen LogP contribution < -0.4 is 15.2 Å². The lowest BCUT2D eigenvalue weighted by Crippen LogP contribution is -2.11. The van der Waals surface area contributed by atoms with Gasteiger partial charge in [-0.1, -0.05) is 24.4 Å². The first-order chi connectivity index (χ1) is 10.1. The van der Waals surface area contributed by atoms with Crippen LogP contribution in [0.15, 0.2) is 48.5 Å². The first-order valence-electron chi connectivity index (χ1n) is 6.52. The van der Waals surface area contributed by atoms with Gasteiger partial charge in [-0.15, -0.1) is 0 Å². The van der Waals surface area contributed by atoms with E-state index in [2.05, 4.69) is 0 Å². The van der Waals surface area contributed by atoms with E-state index in [1.54, 1.807) is 12.1 Å². The molecule has 0 bridgehead atoms. The van der Waals surface area contributed by atoms with Crippen LogP contribution in [0.2, 0.25) is 0 Å². The molecule has 2 N–H and O–H groups in total. The summed E-state index contributed by atoms with van der Waals surface area (Å²) >= 11 is 4.86. The van der Waals surface area contributed by atoms with E-state index in [9.17, 15) is 4.39 Å². The Kier molecular flexibility index (Phi) is 5.51. The van der Waals surface area contributed by atoms with Crippen molar-refractivity contribution >= 4 is 17.2 Å². The van der Waals surface area contributed by atoms with Crippen LogP contribution in [0.3, 0.4) is 0 Å². The van der Waals surface area contributed by atoms with Crippen LogP contribution in [0.5, 0.6) is 11.5 Å². The topological polar surface area (TPSA) is 44.5 Å². The van der Waals surface area contributed by atoms with E-state index >= 15 is 0 Å². The zero-order valence-corrected chi connectivity index (χ0v) is 12.2. The number of ether oxygens (including phenoxy) is 2. The fourth-order valence-corrected chi connectivity index (χ4v) is 1.92. The smallest absolute Gasteiger partial charge is 0.123 e. The predicted molar refractivity (Wildman–Crippen MR) is 84.3 cm³/mol. The Labute approximate surface area is 128 Å². The van der Waals surface area contributed by atoms with Gasteiger partial charge in [0.2, 0.25) is 0 Å². The molecule has 2 rings (SSSR count). The fraction of sp³-hybridized carbons (Fsp3) is 0.188. The maximum Gasteiger partial charge on any atom is 0.123 e. The molecule has 3 nitrogen and oxygen atoms in total. The molecule has 0 saturated carbocycles. The largest absolute Gasteiger partial charge is 0.490 e. The first kappa shape index (κ1) is 15.3. The number of hydrogen-bond acceptors (Lipinski definition) is 3. The maximum absolute atomic E-state index is 12.7. The van der Waals surface area contributed by atoms with Crippen LogP contribution in [0.1, 0.15) is 5.56 Å². The molecular weight excluding hydrogens is 289 g/mol. The highest BCUT2D eigenvalue weighted by atomic mass is 32.1. The molecule has 0 heterocycles. The second kappa shape index (κ2) is 7.59. The Bertz CT molecular complexity index is 584. The van der Waals surface area contributed by atoms with Crippen molar-refractivity contribution in [1.82, 2.24) is 0 Å². The summed E-state index contributed by atoms with van der Waals surface area (Å²) in [7, 11) is 0. The third kappa shape index (κ3) is 5.39. The normalized spacial score (nSPS) is 10.1. The van der Waals surface area contributed by atoms with Gasteiger partial charge in [-0.3, -0.25) is 0 Å². The van der Waals surface area contributed by atoms with Crippen molar-refractivity contribution in [1.29, 1.82) is 0 Å². The third-order valence-corrected chi connectivity index (χ3v) is 2.88. The van der Waals surface area contributed by atoms with Crippen molar-refractivity contribution in [3.63, 3.8) is 0 Å². The van der Waals surface area contributed by atoms with Gasteiger partial charge in [0.1, 0.15) is 30.5 Å². The van der Waals surface area contributed by atoms with E-state index in [1.807, 2.05) is 24.3 Å². The summed E-state index contributed by atoms with van der Waals surface area (Å²) < 4.78 is 23.7. The van der Waals surface area contributed by atoms with Gasteiger partial charge < -0.3 is 15.2 Å². The second-order valence-corrected chi connectivity index (χ2v) is 4.96. The Morgan fingerprint density at radius 1 is 0.905 bits per heavy atom. The van der Waals surface area contributed by atoms with Crippen molar-refractivity contribution in [3.05, 3.63) is 59.9 Å². The number of halogens is 1. The Morgan fingerprint density at radius 3 is 1.86 bits per heavy atom. The molecule has 110 valence electrons. The van der Waals surface area contributed by atoms with Gasteiger partial charge in [0.05, 0.1) is 4.99 Å². The Morgan fingerprint density at radius 2 is 1.38 bits per heavy atom. The molecule has 0 fully saturated rings. The molecule has 0 radical (unpaired) electrons. The molecule has 2 aromatic carbocycles. The highest BCUT2D eigenvalue weighted by Gasteiger charge is 1.98. The highest BCUT2D eigenvalue weighted by molar-refractivity contribution is 7.80. The molecule has 0 spiro atoms. The average Bonchev–Trinajstić information content (AvgIpc) is 2.46. The molecule has 2 aromatic rings. The molecule has 0 saturated heterocycles. The Hall–Kier alpha value is -2.14. The molecule has 0 amide bonds. The highest BCUT2D eigenvalue weighted by Crippen LogP contribution is 2.14. The first-order valence-corrected chi connectivity index (χ1v) is 6.93. The maximum atomic E-state index is 12.7. The molecule has 0 unspecified atom stereocenters. The predicted octanol–water partition coefficient (Wildman–Crippen LogP) is 3.11. The molecule has 5 heteroatoms. The quantitative estimate of drug-likeness (QED) is 0.630. The molecule has 21 heavy (non-hydrogen) atoms. The van der Waals surface area contributed by atoms with E-state index in [-0.39, 0.29) is 5.82 Å². The standard InChI is InChI=1S/C16H16FNO2S/c17-13-3-7-15(8-4-13)20-10-9-19-14-5-1-12(2-6-14)11-16(18)21/h1-8H,9-11H2,(H2,18,21). The SMILES string of the molecule is NC(=S)Cc1ccc(OCCOc2ccc(F)cc2)cc1. The molecule has 0 atom stereocenters. The van der Waals surface area contributed by atoms with Crippen LogP contribution in [0.25, 0.3) is 0 Å². The van der Waals surface area contributed by atoms with Gasteiger partial charge in [0.25, 0.3) is 0 Å². The third-order valence-electron chi connectivity index (χ3n) is 2.74. The fourth-order valence-electron chi connectivity index (χ4n) is 1.75. The van der Waals surface area contributed by atoms with Gasteiger partial charge in [-0.05, 0) is 42.0 Å². The summed E-state index contributed by atoms with van der Waals surface area (Å²) in [5.41, 5.74) is 6.54. The molecule has 0 aliphatic heterocycles. The van der Waals surface area contributed by atoms with E-state index in [4.69, 9.17) is 27.4 Å². The number of thiocarbonyl (C=S) groups is 1. The van der Waals surface area contributed by atoms with Crippen molar-refractivity contribution < 1.29 is 13.9 Å². The summed E-state index contributed by atoms with van der Waals surface area (Å²) in [5.74, 6) is 1.09. The van der Waals surface area contributed by atoms with E-state index in [1.165, 1.54) is 12.1 Å². The summed E-state index contributed by atoms with van der Waals surface area (Å²) in [5, 5.41) is 0. The van der Waals surface area contributed by atoms with Crippen molar-refractivity contribution in [2.75, 3.05) is 13.2 Å². The number of nitrogens with two attached hydrogens (primary N) is 1. The van der Waals surface area contributed by atoms with Crippen LogP contribution in [0.4, 0.5) is 4.39 Å².